The quantitative estimate of drug-likeness (QED) is 0.470. The van der Waals surface area contributed by atoms with Gasteiger partial charge in [-0.3, -0.25) is 0 Å². The smallest absolute Gasteiger partial charge is 0.333 e. The maximum atomic E-state index is 11.0. The van der Waals surface area contributed by atoms with E-state index in [0.29, 0.717) is 12.2 Å². The van der Waals surface area contributed by atoms with E-state index in [0.717, 1.165) is 6.54 Å². The van der Waals surface area contributed by atoms with E-state index in [-0.39, 0.29) is 11.4 Å². The fourth-order valence-electron chi connectivity index (χ4n) is 0.553. The molecule has 0 saturated heterocycles. The Labute approximate surface area is 79.5 Å². The van der Waals surface area contributed by atoms with E-state index in [1.165, 1.54) is 0 Å². The van der Waals surface area contributed by atoms with Gasteiger partial charge in [-0.15, -0.1) is 0 Å². The molecule has 4 nitrogen and oxygen atoms in total. The minimum atomic E-state index is -0.223. The molecule has 13 heavy (non-hydrogen) atoms. The lowest BCUT2D eigenvalue weighted by Gasteiger charge is -2.09. The van der Waals surface area contributed by atoms with Crippen LogP contribution in [-0.2, 0) is 9.53 Å². The fourth-order valence-corrected chi connectivity index (χ4v) is 0.553. The normalized spacial score (nSPS) is 11.0. The van der Waals surface area contributed by atoms with Crippen LogP contribution in [0.5, 0.6) is 0 Å². The molecule has 0 fully saturated rings. The first-order valence-corrected chi connectivity index (χ1v) is 4.02. The molecular weight excluding hydrogens is 170 g/mol. The van der Waals surface area contributed by atoms with Gasteiger partial charge in [0.25, 0.3) is 0 Å². The van der Waals surface area contributed by atoms with Crippen molar-refractivity contribution in [3.63, 3.8) is 0 Å². The summed E-state index contributed by atoms with van der Waals surface area (Å²) in [5, 5.41) is 0. The van der Waals surface area contributed by atoms with Crippen LogP contribution in [0, 0.1) is 0 Å². The number of rotatable bonds is 4. The van der Waals surface area contributed by atoms with Gasteiger partial charge in [0.15, 0.2) is 0 Å². The molecule has 4 heteroatoms. The minimum Gasteiger partial charge on any atom is -0.461 e. The Kier molecular flexibility index (Phi) is 8.74. The third kappa shape index (κ3) is 7.49. The second-order valence-corrected chi connectivity index (χ2v) is 2.91. The fraction of sp³-hybridized carbons (Fsp3) is 0.667. The molecule has 0 aromatic rings. The second kappa shape index (κ2) is 7.76. The molecule has 0 spiro atoms. The molecule has 0 radical (unpaired) electrons. The average molecular weight is 189 g/mol. The highest BCUT2D eigenvalue weighted by Crippen LogP contribution is 1.95. The van der Waals surface area contributed by atoms with Crippen molar-refractivity contribution in [1.29, 1.82) is 0 Å². The number of hydrogen-bond donors (Lipinski definition) is 0. The molecule has 0 bridgehead atoms. The largest absolute Gasteiger partial charge is 0.461 e. The molecule has 0 aliphatic rings. The average Bonchev–Trinajstić information content (AvgIpc) is 2.02. The predicted octanol–water partition coefficient (Wildman–Crippen LogP) is 0.233. The summed E-state index contributed by atoms with van der Waals surface area (Å²) in [5.41, 5.74) is 0.661. The van der Waals surface area contributed by atoms with E-state index in [2.05, 4.69) is 0 Å². The zero-order chi connectivity index (χ0) is 9.56. The Morgan fingerprint density at radius 1 is 1.46 bits per heavy atom. The summed E-state index contributed by atoms with van der Waals surface area (Å²) >= 11 is 0. The van der Waals surface area contributed by atoms with Crippen molar-refractivity contribution in [1.82, 2.24) is 4.90 Å². The van der Waals surface area contributed by atoms with E-state index in [4.69, 9.17) is 4.74 Å². The highest BCUT2D eigenvalue weighted by Gasteiger charge is 2.03. The highest BCUT2D eigenvalue weighted by molar-refractivity contribution is 5.87. The molecule has 0 unspecified atom stereocenters. The lowest BCUT2D eigenvalue weighted by atomic mass is 10.3. The van der Waals surface area contributed by atoms with E-state index in [1.54, 1.807) is 13.0 Å². The van der Waals surface area contributed by atoms with Crippen molar-refractivity contribution in [2.24, 2.45) is 0 Å². The Balaban J connectivity index is 0. The number of carbonyl (C=O) groups is 1. The third-order valence-corrected chi connectivity index (χ3v) is 1.53. The summed E-state index contributed by atoms with van der Waals surface area (Å²) in [6.07, 6.45) is 1.75. The van der Waals surface area contributed by atoms with Gasteiger partial charge in [0, 0.05) is 12.1 Å². The van der Waals surface area contributed by atoms with E-state index in [9.17, 15) is 4.79 Å². The SMILES string of the molecule is CC=C(C)C(=O)OCCN(C)C.O. The molecule has 0 rings (SSSR count). The van der Waals surface area contributed by atoms with Crippen molar-refractivity contribution >= 4 is 5.97 Å². The van der Waals surface area contributed by atoms with Crippen LogP contribution < -0.4 is 0 Å². The summed E-state index contributed by atoms with van der Waals surface area (Å²) < 4.78 is 4.96. The standard InChI is InChI=1S/C9H17NO2.H2O/c1-5-8(2)9(11)12-7-6-10(3)4;/h5H,6-7H2,1-4H3;1H2. The third-order valence-electron chi connectivity index (χ3n) is 1.53. The molecule has 78 valence electrons. The summed E-state index contributed by atoms with van der Waals surface area (Å²) in [5.74, 6) is -0.223. The van der Waals surface area contributed by atoms with Crippen LogP contribution in [0.15, 0.2) is 11.6 Å². The molecule has 0 amide bonds. The van der Waals surface area contributed by atoms with E-state index >= 15 is 0 Å². The molecule has 0 aliphatic carbocycles. The number of esters is 1. The Hall–Kier alpha value is -0.870. The minimum absolute atomic E-state index is 0. The lowest BCUT2D eigenvalue weighted by molar-refractivity contribution is -0.139. The zero-order valence-corrected chi connectivity index (χ0v) is 8.76. The van der Waals surface area contributed by atoms with Gasteiger partial charge >= 0.3 is 5.97 Å². The Bertz CT molecular complexity index is 176. The van der Waals surface area contributed by atoms with Gasteiger partial charge in [-0.1, -0.05) is 6.08 Å². The number of hydrogen-bond acceptors (Lipinski definition) is 3. The van der Waals surface area contributed by atoms with Gasteiger partial charge < -0.3 is 15.1 Å². The summed E-state index contributed by atoms with van der Waals surface area (Å²) in [6, 6.07) is 0. The van der Waals surface area contributed by atoms with Crippen LogP contribution in [0.25, 0.3) is 0 Å². The first-order chi connectivity index (χ1) is 5.57. The number of nitrogens with zero attached hydrogens (tertiary/aromatic N) is 1. The molecule has 0 atom stereocenters. The van der Waals surface area contributed by atoms with Crippen molar-refractivity contribution in [3.05, 3.63) is 11.6 Å². The maximum absolute atomic E-state index is 11.0. The van der Waals surface area contributed by atoms with Crippen LogP contribution in [0.2, 0.25) is 0 Å². The van der Waals surface area contributed by atoms with Gasteiger partial charge in [-0.05, 0) is 27.9 Å². The topological polar surface area (TPSA) is 61.0 Å². The van der Waals surface area contributed by atoms with Crippen molar-refractivity contribution < 1.29 is 15.0 Å². The van der Waals surface area contributed by atoms with Crippen LogP contribution in [-0.4, -0.2) is 43.6 Å². The Morgan fingerprint density at radius 3 is 2.38 bits per heavy atom. The molecule has 0 aromatic heterocycles. The van der Waals surface area contributed by atoms with Gasteiger partial charge in [-0.25, -0.2) is 4.79 Å². The zero-order valence-electron chi connectivity index (χ0n) is 8.76. The van der Waals surface area contributed by atoms with Gasteiger partial charge in [0.05, 0.1) is 0 Å². The van der Waals surface area contributed by atoms with Crippen LogP contribution >= 0.6 is 0 Å². The monoisotopic (exact) mass is 189 g/mol. The molecule has 2 N–H and O–H groups in total. The van der Waals surface area contributed by atoms with Crippen molar-refractivity contribution in [3.8, 4) is 0 Å². The summed E-state index contributed by atoms with van der Waals surface area (Å²) in [4.78, 5) is 13.0. The number of carbonyl (C=O) groups excluding carboxylic acids is 1. The molecule has 0 aliphatic heterocycles. The maximum Gasteiger partial charge on any atom is 0.333 e. The van der Waals surface area contributed by atoms with Crippen LogP contribution in [0.1, 0.15) is 13.8 Å². The molecule has 0 saturated carbocycles. The summed E-state index contributed by atoms with van der Waals surface area (Å²) in [6.45, 7) is 4.79. The molecular formula is C9H19NO3. The van der Waals surface area contributed by atoms with Crippen LogP contribution in [0.3, 0.4) is 0 Å². The molecule has 0 heterocycles. The van der Waals surface area contributed by atoms with Crippen LogP contribution in [0.4, 0.5) is 0 Å². The molecule has 0 aromatic carbocycles. The Morgan fingerprint density at radius 2 is 2.00 bits per heavy atom. The van der Waals surface area contributed by atoms with Gasteiger partial charge in [-0.2, -0.15) is 0 Å². The second-order valence-electron chi connectivity index (χ2n) is 2.91. The van der Waals surface area contributed by atoms with Crippen molar-refractivity contribution in [2.75, 3.05) is 27.2 Å². The lowest BCUT2D eigenvalue weighted by Crippen LogP contribution is -2.20. The van der Waals surface area contributed by atoms with E-state index < -0.39 is 0 Å². The summed E-state index contributed by atoms with van der Waals surface area (Å²) in [7, 11) is 3.88. The predicted molar refractivity (Wildman–Crippen MR) is 52.6 cm³/mol. The first kappa shape index (κ1) is 14.6. The van der Waals surface area contributed by atoms with Crippen molar-refractivity contribution in [2.45, 2.75) is 13.8 Å². The number of allylic oxidation sites excluding steroid dienone is 1. The number of likely N-dealkylation sites (N-methyl/N-ethyl adjacent to an activating group) is 1. The highest BCUT2D eigenvalue weighted by atomic mass is 16.5. The number of ether oxygens (including phenoxy) is 1. The first-order valence-electron chi connectivity index (χ1n) is 4.02. The van der Waals surface area contributed by atoms with E-state index in [1.807, 2.05) is 25.9 Å². The van der Waals surface area contributed by atoms with Gasteiger partial charge in [0.2, 0.25) is 0 Å². The van der Waals surface area contributed by atoms with Gasteiger partial charge in [0.1, 0.15) is 6.61 Å².